The van der Waals surface area contributed by atoms with Gasteiger partial charge in [-0.3, -0.25) is 9.59 Å². The number of anilines is 1. The van der Waals surface area contributed by atoms with E-state index < -0.39 is 5.97 Å². The second kappa shape index (κ2) is 5.65. The zero-order valence-electron chi connectivity index (χ0n) is 8.79. The minimum atomic E-state index is -0.850. The molecular formula is C11H12BrNO3. The van der Waals surface area contributed by atoms with Crippen LogP contribution in [0.3, 0.4) is 0 Å². The Morgan fingerprint density at radius 3 is 2.69 bits per heavy atom. The molecule has 0 aliphatic carbocycles. The van der Waals surface area contributed by atoms with Crippen molar-refractivity contribution in [3.8, 4) is 0 Å². The number of hydrogen-bond donors (Lipinski definition) is 2. The van der Waals surface area contributed by atoms with E-state index >= 15 is 0 Å². The number of nitrogens with one attached hydrogen (secondary N) is 1. The molecule has 5 heteroatoms. The van der Waals surface area contributed by atoms with Gasteiger partial charge >= 0.3 is 5.97 Å². The van der Waals surface area contributed by atoms with Crippen LogP contribution in [-0.4, -0.2) is 17.0 Å². The van der Waals surface area contributed by atoms with E-state index in [2.05, 4.69) is 21.2 Å². The maximum atomic E-state index is 11.0. The van der Waals surface area contributed by atoms with Crippen LogP contribution in [0.25, 0.3) is 0 Å². The smallest absolute Gasteiger partial charge is 0.303 e. The highest BCUT2D eigenvalue weighted by Crippen LogP contribution is 2.22. The van der Waals surface area contributed by atoms with Crippen LogP contribution < -0.4 is 5.32 Å². The second-order valence-corrected chi connectivity index (χ2v) is 4.29. The van der Waals surface area contributed by atoms with Gasteiger partial charge in [0.1, 0.15) is 0 Å². The molecule has 0 radical (unpaired) electrons. The number of carboxylic acids is 1. The fourth-order valence-electron chi connectivity index (χ4n) is 1.31. The molecule has 1 aromatic carbocycles. The van der Waals surface area contributed by atoms with Crippen molar-refractivity contribution < 1.29 is 14.7 Å². The topological polar surface area (TPSA) is 66.4 Å². The van der Waals surface area contributed by atoms with Crippen LogP contribution in [-0.2, 0) is 16.0 Å². The largest absolute Gasteiger partial charge is 0.481 e. The van der Waals surface area contributed by atoms with E-state index in [1.807, 2.05) is 6.07 Å². The highest BCUT2D eigenvalue weighted by atomic mass is 79.9. The van der Waals surface area contributed by atoms with Crippen molar-refractivity contribution in [2.75, 3.05) is 5.32 Å². The Labute approximate surface area is 102 Å². The van der Waals surface area contributed by atoms with Crippen molar-refractivity contribution in [3.63, 3.8) is 0 Å². The number of amides is 1. The van der Waals surface area contributed by atoms with E-state index in [-0.39, 0.29) is 12.3 Å². The summed E-state index contributed by atoms with van der Waals surface area (Å²) in [4.78, 5) is 21.4. The molecular weight excluding hydrogens is 274 g/mol. The standard InChI is InChI=1S/C11H12BrNO3/c1-7(14)13-10-6-9(12)4-2-8(10)3-5-11(15)16/h2,4,6H,3,5H2,1H3,(H,13,14)(H,15,16). The molecule has 0 heterocycles. The fraction of sp³-hybridized carbons (Fsp3) is 0.273. The van der Waals surface area contributed by atoms with Gasteiger partial charge in [-0.2, -0.15) is 0 Å². The predicted octanol–water partition coefficient (Wildman–Crippen LogP) is 2.42. The normalized spacial score (nSPS) is 9.88. The number of hydrogen-bond acceptors (Lipinski definition) is 2. The molecule has 0 aliphatic heterocycles. The molecule has 0 spiro atoms. The molecule has 86 valence electrons. The average molecular weight is 286 g/mol. The first-order chi connectivity index (χ1) is 7.49. The maximum absolute atomic E-state index is 11.0. The van der Waals surface area contributed by atoms with Crippen LogP contribution in [0.1, 0.15) is 18.9 Å². The lowest BCUT2D eigenvalue weighted by Gasteiger charge is -2.09. The summed E-state index contributed by atoms with van der Waals surface area (Å²) in [7, 11) is 0. The third-order valence-corrected chi connectivity index (χ3v) is 2.48. The molecule has 4 nitrogen and oxygen atoms in total. The van der Waals surface area contributed by atoms with Crippen LogP contribution in [0.4, 0.5) is 5.69 Å². The van der Waals surface area contributed by atoms with E-state index in [1.54, 1.807) is 12.1 Å². The monoisotopic (exact) mass is 285 g/mol. The zero-order chi connectivity index (χ0) is 12.1. The van der Waals surface area contributed by atoms with Gasteiger partial charge in [-0.25, -0.2) is 0 Å². The van der Waals surface area contributed by atoms with Gasteiger partial charge in [0.25, 0.3) is 0 Å². The highest BCUT2D eigenvalue weighted by molar-refractivity contribution is 9.10. The number of aryl methyl sites for hydroxylation is 1. The Bertz CT molecular complexity index is 418. The van der Waals surface area contributed by atoms with Crippen molar-refractivity contribution >= 4 is 33.5 Å². The SMILES string of the molecule is CC(=O)Nc1cc(Br)ccc1CCC(=O)O. The summed E-state index contributed by atoms with van der Waals surface area (Å²) >= 11 is 3.30. The fourth-order valence-corrected chi connectivity index (χ4v) is 1.68. The maximum Gasteiger partial charge on any atom is 0.303 e. The number of aliphatic carboxylic acids is 1. The number of carbonyl (C=O) groups excluding carboxylic acids is 1. The first-order valence-electron chi connectivity index (χ1n) is 4.77. The molecule has 1 aromatic rings. The second-order valence-electron chi connectivity index (χ2n) is 3.38. The number of rotatable bonds is 4. The van der Waals surface area contributed by atoms with E-state index in [9.17, 15) is 9.59 Å². The van der Waals surface area contributed by atoms with E-state index in [0.717, 1.165) is 10.0 Å². The molecule has 16 heavy (non-hydrogen) atoms. The molecule has 0 saturated carbocycles. The van der Waals surface area contributed by atoms with Crippen molar-refractivity contribution in [3.05, 3.63) is 28.2 Å². The molecule has 0 fully saturated rings. The predicted molar refractivity (Wildman–Crippen MR) is 64.4 cm³/mol. The minimum absolute atomic E-state index is 0.0498. The van der Waals surface area contributed by atoms with E-state index in [1.165, 1.54) is 6.92 Å². The van der Waals surface area contributed by atoms with E-state index in [0.29, 0.717) is 12.1 Å². The first-order valence-corrected chi connectivity index (χ1v) is 5.56. The van der Waals surface area contributed by atoms with Crippen LogP contribution in [0, 0.1) is 0 Å². The van der Waals surface area contributed by atoms with Gasteiger partial charge in [0, 0.05) is 23.5 Å². The molecule has 0 bridgehead atoms. The summed E-state index contributed by atoms with van der Waals surface area (Å²) in [5.41, 5.74) is 1.48. The van der Waals surface area contributed by atoms with Crippen molar-refractivity contribution in [1.82, 2.24) is 0 Å². The summed E-state index contributed by atoms with van der Waals surface area (Å²) in [6.45, 7) is 1.42. The highest BCUT2D eigenvalue weighted by Gasteiger charge is 2.06. The number of halogens is 1. The molecule has 1 rings (SSSR count). The van der Waals surface area contributed by atoms with Gasteiger partial charge in [0.05, 0.1) is 0 Å². The summed E-state index contributed by atoms with van der Waals surface area (Å²) in [6.07, 6.45) is 0.451. The summed E-state index contributed by atoms with van der Waals surface area (Å²) in [5, 5.41) is 11.3. The summed E-state index contributed by atoms with van der Waals surface area (Å²) in [6, 6.07) is 5.39. The van der Waals surface area contributed by atoms with Gasteiger partial charge in [-0.05, 0) is 24.1 Å². The number of carboxylic acid groups (broad SMARTS) is 1. The molecule has 0 atom stereocenters. The minimum Gasteiger partial charge on any atom is -0.481 e. The lowest BCUT2D eigenvalue weighted by Crippen LogP contribution is -2.09. The van der Waals surface area contributed by atoms with Crippen molar-refractivity contribution in [1.29, 1.82) is 0 Å². The van der Waals surface area contributed by atoms with Crippen molar-refractivity contribution in [2.24, 2.45) is 0 Å². The molecule has 0 saturated heterocycles. The molecule has 0 aromatic heterocycles. The summed E-state index contributed by atoms with van der Waals surface area (Å²) in [5.74, 6) is -1.02. The van der Waals surface area contributed by atoms with Gasteiger partial charge in [-0.1, -0.05) is 22.0 Å². The van der Waals surface area contributed by atoms with Crippen LogP contribution in [0.5, 0.6) is 0 Å². The van der Waals surface area contributed by atoms with Gasteiger partial charge in [0.15, 0.2) is 0 Å². The third kappa shape index (κ3) is 4.02. The average Bonchev–Trinajstić information content (AvgIpc) is 2.15. The molecule has 2 N–H and O–H groups in total. The Kier molecular flexibility index (Phi) is 4.49. The van der Waals surface area contributed by atoms with Gasteiger partial charge in [-0.15, -0.1) is 0 Å². The number of carbonyl (C=O) groups is 2. The third-order valence-electron chi connectivity index (χ3n) is 1.99. The Hall–Kier alpha value is -1.36. The summed E-state index contributed by atoms with van der Waals surface area (Å²) < 4.78 is 0.843. The van der Waals surface area contributed by atoms with Gasteiger partial charge in [0.2, 0.25) is 5.91 Å². The zero-order valence-corrected chi connectivity index (χ0v) is 10.4. The van der Waals surface area contributed by atoms with Gasteiger partial charge < -0.3 is 10.4 Å². The lowest BCUT2D eigenvalue weighted by molar-refractivity contribution is -0.136. The van der Waals surface area contributed by atoms with E-state index in [4.69, 9.17) is 5.11 Å². The van der Waals surface area contributed by atoms with Crippen LogP contribution in [0.2, 0.25) is 0 Å². The lowest BCUT2D eigenvalue weighted by atomic mass is 10.1. The molecule has 1 amide bonds. The first kappa shape index (κ1) is 12.7. The Morgan fingerprint density at radius 2 is 2.12 bits per heavy atom. The van der Waals surface area contributed by atoms with Crippen molar-refractivity contribution in [2.45, 2.75) is 19.8 Å². The molecule has 0 aliphatic rings. The molecule has 0 unspecified atom stereocenters. The Morgan fingerprint density at radius 1 is 1.44 bits per heavy atom. The van der Waals surface area contributed by atoms with Crippen LogP contribution >= 0.6 is 15.9 Å². The Balaban J connectivity index is 2.88. The van der Waals surface area contributed by atoms with Crippen LogP contribution in [0.15, 0.2) is 22.7 Å². The quantitative estimate of drug-likeness (QED) is 0.893. The number of benzene rings is 1.